The molecule has 4 N–H and O–H groups in total. The van der Waals surface area contributed by atoms with Crippen LogP contribution in [0.5, 0.6) is 0 Å². The van der Waals surface area contributed by atoms with E-state index in [1.165, 1.54) is 11.8 Å². The van der Waals surface area contributed by atoms with Gasteiger partial charge in [0.1, 0.15) is 0 Å². The first-order valence-corrected chi connectivity index (χ1v) is 7.45. The second-order valence-electron chi connectivity index (χ2n) is 4.36. The Bertz CT molecular complexity index is 495. The molecule has 1 aromatic rings. The molecule has 1 unspecified atom stereocenters. The van der Waals surface area contributed by atoms with Crippen molar-refractivity contribution in [2.75, 3.05) is 43.6 Å². The number of amides is 1. The van der Waals surface area contributed by atoms with E-state index in [2.05, 4.69) is 25.7 Å². The van der Waals surface area contributed by atoms with E-state index < -0.39 is 0 Å². The number of ether oxygens (including phenoxy) is 1. The molecule has 0 saturated carbocycles. The van der Waals surface area contributed by atoms with Crippen LogP contribution in [0.1, 0.15) is 6.92 Å². The number of anilines is 2. The number of nitrogens with zero attached hydrogens (tertiary/aromatic N) is 4. The van der Waals surface area contributed by atoms with E-state index in [1.807, 2.05) is 4.90 Å². The van der Waals surface area contributed by atoms with Gasteiger partial charge in [0.2, 0.25) is 17.8 Å². The average molecular weight is 313 g/mol. The molecular weight excluding hydrogens is 294 g/mol. The summed E-state index contributed by atoms with van der Waals surface area (Å²) in [5, 5.41) is 2.99. The lowest BCUT2D eigenvalue weighted by Crippen LogP contribution is -2.38. The van der Waals surface area contributed by atoms with E-state index in [4.69, 9.17) is 10.6 Å². The van der Waals surface area contributed by atoms with Gasteiger partial charge >= 0.3 is 0 Å². The fourth-order valence-electron chi connectivity index (χ4n) is 1.74. The molecule has 9 nitrogen and oxygen atoms in total. The van der Waals surface area contributed by atoms with Crippen molar-refractivity contribution in [1.82, 2.24) is 20.4 Å². The Morgan fingerprint density at radius 3 is 2.71 bits per heavy atom. The van der Waals surface area contributed by atoms with Crippen molar-refractivity contribution in [2.24, 2.45) is 5.84 Å². The Morgan fingerprint density at radius 2 is 2.10 bits per heavy atom. The number of hydrogen-bond acceptors (Lipinski definition) is 9. The summed E-state index contributed by atoms with van der Waals surface area (Å²) in [6.07, 6.45) is 0. The third kappa shape index (κ3) is 4.16. The largest absolute Gasteiger partial charge is 0.378 e. The summed E-state index contributed by atoms with van der Waals surface area (Å²) < 4.78 is 5.32. The summed E-state index contributed by atoms with van der Waals surface area (Å²) in [4.78, 5) is 26.5. The highest BCUT2D eigenvalue weighted by molar-refractivity contribution is 8.00. The maximum atomic E-state index is 11.5. The second-order valence-corrected chi connectivity index (χ2v) is 5.67. The molecule has 116 valence electrons. The zero-order valence-electron chi connectivity index (χ0n) is 12.0. The van der Waals surface area contributed by atoms with Crippen molar-refractivity contribution in [1.29, 1.82) is 0 Å². The van der Waals surface area contributed by atoms with Crippen molar-refractivity contribution >= 4 is 29.6 Å². The summed E-state index contributed by atoms with van der Waals surface area (Å²) in [5.74, 6) is 5.90. The van der Waals surface area contributed by atoms with Crippen LogP contribution in [-0.4, -0.2) is 59.5 Å². The van der Waals surface area contributed by atoms with Crippen LogP contribution >= 0.6 is 11.8 Å². The minimum absolute atomic E-state index is 0.278. The fraction of sp³-hybridized carbons (Fsp3) is 0.636. The Balaban J connectivity index is 2.18. The molecule has 2 rings (SSSR count). The lowest BCUT2D eigenvalue weighted by Gasteiger charge is -2.27. The molecule has 0 bridgehead atoms. The maximum Gasteiger partial charge on any atom is 0.247 e. The third-order valence-electron chi connectivity index (χ3n) is 2.91. The molecule has 1 saturated heterocycles. The van der Waals surface area contributed by atoms with Gasteiger partial charge in [0.15, 0.2) is 5.16 Å². The molecule has 1 aliphatic rings. The number of carbonyl (C=O) groups is 1. The van der Waals surface area contributed by atoms with Crippen LogP contribution in [0.2, 0.25) is 0 Å². The number of hydrazine groups is 1. The zero-order valence-corrected chi connectivity index (χ0v) is 12.8. The topological polar surface area (TPSA) is 118 Å². The summed E-state index contributed by atoms with van der Waals surface area (Å²) in [7, 11) is 1.74. The average Bonchev–Trinajstić information content (AvgIpc) is 2.54. The van der Waals surface area contributed by atoms with E-state index in [0.29, 0.717) is 30.3 Å². The molecule has 0 aliphatic carbocycles. The Morgan fingerprint density at radius 1 is 1.38 bits per heavy atom. The SMILES string of the molecule is CNc1nc(SC(C)C(=O)NN)nc(N2CCOCC2)n1. The van der Waals surface area contributed by atoms with Crippen molar-refractivity contribution in [3.63, 3.8) is 0 Å². The summed E-state index contributed by atoms with van der Waals surface area (Å²) in [6, 6.07) is 0. The molecule has 2 heterocycles. The number of nitrogens with two attached hydrogens (primary N) is 1. The third-order valence-corrected chi connectivity index (χ3v) is 3.88. The standard InChI is InChI=1S/C11H19N7O2S/c1-7(8(19)17-12)21-11-15-9(13-2)14-10(16-11)18-3-5-20-6-4-18/h7H,3-6,12H2,1-2H3,(H,17,19)(H,13,14,15,16). The van der Waals surface area contributed by atoms with Gasteiger partial charge in [-0.05, 0) is 6.92 Å². The summed E-state index contributed by atoms with van der Waals surface area (Å²) in [6.45, 7) is 4.50. The second kappa shape index (κ2) is 7.38. The van der Waals surface area contributed by atoms with Gasteiger partial charge in [-0.3, -0.25) is 10.2 Å². The zero-order chi connectivity index (χ0) is 15.2. The van der Waals surface area contributed by atoms with Gasteiger partial charge < -0.3 is 15.0 Å². The van der Waals surface area contributed by atoms with Crippen LogP contribution in [0.3, 0.4) is 0 Å². The Hall–Kier alpha value is -1.65. The monoisotopic (exact) mass is 313 g/mol. The molecule has 0 aromatic carbocycles. The first kappa shape index (κ1) is 15.7. The smallest absolute Gasteiger partial charge is 0.247 e. The molecule has 1 amide bonds. The van der Waals surface area contributed by atoms with Gasteiger partial charge in [0, 0.05) is 20.1 Å². The molecule has 0 radical (unpaired) electrons. The molecule has 1 aromatic heterocycles. The molecular formula is C11H19N7O2S. The predicted octanol–water partition coefficient (Wildman–Crippen LogP) is -0.780. The van der Waals surface area contributed by atoms with Crippen molar-refractivity contribution in [3.8, 4) is 0 Å². The number of nitrogens with one attached hydrogen (secondary N) is 2. The number of thioether (sulfide) groups is 1. The van der Waals surface area contributed by atoms with E-state index in [1.54, 1.807) is 14.0 Å². The van der Waals surface area contributed by atoms with Crippen LogP contribution in [0.4, 0.5) is 11.9 Å². The van der Waals surface area contributed by atoms with Crippen LogP contribution in [-0.2, 0) is 9.53 Å². The Kier molecular flexibility index (Phi) is 5.53. The molecule has 1 fully saturated rings. The highest BCUT2D eigenvalue weighted by Gasteiger charge is 2.19. The minimum Gasteiger partial charge on any atom is -0.378 e. The maximum absolute atomic E-state index is 11.5. The summed E-state index contributed by atoms with van der Waals surface area (Å²) in [5.41, 5.74) is 2.12. The van der Waals surface area contributed by atoms with Gasteiger partial charge in [0.25, 0.3) is 0 Å². The van der Waals surface area contributed by atoms with Gasteiger partial charge in [-0.25, -0.2) is 5.84 Å². The fourth-order valence-corrected chi connectivity index (χ4v) is 2.51. The van der Waals surface area contributed by atoms with Gasteiger partial charge in [0.05, 0.1) is 18.5 Å². The first-order chi connectivity index (χ1) is 10.1. The lowest BCUT2D eigenvalue weighted by atomic mass is 10.4. The number of morpholine rings is 1. The van der Waals surface area contributed by atoms with Gasteiger partial charge in [-0.2, -0.15) is 15.0 Å². The van der Waals surface area contributed by atoms with Crippen LogP contribution in [0.25, 0.3) is 0 Å². The van der Waals surface area contributed by atoms with Crippen molar-refractivity contribution in [2.45, 2.75) is 17.3 Å². The van der Waals surface area contributed by atoms with Gasteiger partial charge in [-0.1, -0.05) is 11.8 Å². The molecule has 21 heavy (non-hydrogen) atoms. The number of hydrogen-bond donors (Lipinski definition) is 3. The van der Waals surface area contributed by atoms with E-state index >= 15 is 0 Å². The number of rotatable bonds is 5. The predicted molar refractivity (Wildman–Crippen MR) is 80.1 cm³/mol. The molecule has 1 atom stereocenters. The summed E-state index contributed by atoms with van der Waals surface area (Å²) >= 11 is 1.23. The molecule has 10 heteroatoms. The van der Waals surface area contributed by atoms with Crippen molar-refractivity contribution in [3.05, 3.63) is 0 Å². The van der Waals surface area contributed by atoms with E-state index in [0.717, 1.165) is 13.1 Å². The number of carbonyl (C=O) groups excluding carboxylic acids is 1. The normalized spacial score (nSPS) is 16.4. The van der Waals surface area contributed by atoms with Crippen molar-refractivity contribution < 1.29 is 9.53 Å². The first-order valence-electron chi connectivity index (χ1n) is 6.57. The molecule has 1 aliphatic heterocycles. The lowest BCUT2D eigenvalue weighted by molar-refractivity contribution is -0.120. The Labute approximate surface area is 127 Å². The van der Waals surface area contributed by atoms with Crippen LogP contribution < -0.4 is 21.5 Å². The van der Waals surface area contributed by atoms with E-state index in [-0.39, 0.29) is 11.2 Å². The molecule has 0 spiro atoms. The van der Waals surface area contributed by atoms with Gasteiger partial charge in [-0.15, -0.1) is 0 Å². The highest BCUT2D eigenvalue weighted by Crippen LogP contribution is 2.23. The van der Waals surface area contributed by atoms with Crippen LogP contribution in [0.15, 0.2) is 5.16 Å². The number of aromatic nitrogens is 3. The highest BCUT2D eigenvalue weighted by atomic mass is 32.2. The quantitative estimate of drug-likeness (QED) is 0.278. The minimum atomic E-state index is -0.389. The van der Waals surface area contributed by atoms with E-state index in [9.17, 15) is 4.79 Å². The van der Waals surface area contributed by atoms with Crippen LogP contribution in [0, 0.1) is 0 Å².